The highest BCUT2D eigenvalue weighted by molar-refractivity contribution is 6.45. The van der Waals surface area contributed by atoms with Crippen LogP contribution in [0.25, 0.3) is 11.0 Å². The molecule has 0 atom stereocenters. The van der Waals surface area contributed by atoms with Gasteiger partial charge in [-0.1, -0.05) is 58.0 Å². The Morgan fingerprint density at radius 2 is 1.52 bits per heavy atom. The lowest BCUT2D eigenvalue weighted by molar-refractivity contribution is -0.144. The number of imidazole rings is 1. The predicted octanol–water partition coefficient (Wildman–Crippen LogP) is 7.64. The van der Waals surface area contributed by atoms with E-state index < -0.39 is 12.0 Å². The molecule has 1 aromatic heterocycles. The second-order valence-electron chi connectivity index (χ2n) is 4.78. The monoisotopic (exact) mass is 448 g/mol. The highest BCUT2D eigenvalue weighted by Crippen LogP contribution is 2.44. The van der Waals surface area contributed by atoms with Gasteiger partial charge in [-0.15, -0.1) is 0 Å². The van der Waals surface area contributed by atoms with Crippen molar-refractivity contribution in [2.45, 2.75) is 6.18 Å². The third-order valence-corrected chi connectivity index (χ3v) is 4.63. The maximum atomic E-state index is 12.9. The third-order valence-electron chi connectivity index (χ3n) is 3.07. The third kappa shape index (κ3) is 3.59. The maximum absolute atomic E-state index is 12.9. The average Bonchev–Trinajstić information content (AvgIpc) is 2.93. The van der Waals surface area contributed by atoms with Gasteiger partial charge in [0.25, 0.3) is 0 Å². The first-order chi connectivity index (χ1) is 11.6. The average molecular weight is 450 g/mol. The summed E-state index contributed by atoms with van der Waals surface area (Å²) in [6.07, 6.45) is -4.71. The van der Waals surface area contributed by atoms with E-state index in [0.29, 0.717) is 0 Å². The molecule has 0 aliphatic rings. The first-order valence-corrected chi connectivity index (χ1v) is 8.24. The van der Waals surface area contributed by atoms with E-state index in [0.717, 1.165) is 0 Å². The molecule has 0 aliphatic heterocycles. The van der Waals surface area contributed by atoms with Gasteiger partial charge in [0.05, 0.1) is 20.1 Å². The van der Waals surface area contributed by atoms with Crippen molar-refractivity contribution in [3.8, 4) is 11.5 Å². The molecule has 0 saturated carbocycles. The van der Waals surface area contributed by atoms with E-state index in [2.05, 4.69) is 9.97 Å². The van der Waals surface area contributed by atoms with Gasteiger partial charge in [-0.05, 0) is 12.1 Å². The van der Waals surface area contributed by atoms with E-state index in [1.807, 2.05) is 0 Å². The second kappa shape index (κ2) is 6.59. The molecule has 3 aromatic rings. The van der Waals surface area contributed by atoms with E-state index >= 15 is 0 Å². The van der Waals surface area contributed by atoms with Gasteiger partial charge in [0.15, 0.2) is 11.5 Å². The smallest absolute Gasteiger partial charge is 0.449 e. The molecule has 0 saturated heterocycles. The number of H-pyrrole nitrogens is 1. The lowest BCUT2D eigenvalue weighted by atomic mass is 10.3. The first kappa shape index (κ1) is 18.7. The molecular formula is C14H4Cl5F3N2O. The topological polar surface area (TPSA) is 37.9 Å². The zero-order valence-corrected chi connectivity index (χ0v) is 15.4. The normalized spacial score (nSPS) is 12.0. The van der Waals surface area contributed by atoms with Gasteiger partial charge in [-0.3, -0.25) is 0 Å². The number of hydrogen-bond acceptors (Lipinski definition) is 2. The lowest BCUT2D eigenvalue weighted by Gasteiger charge is -2.11. The quantitative estimate of drug-likeness (QED) is 0.436. The van der Waals surface area contributed by atoms with Crippen LogP contribution in [0.1, 0.15) is 5.82 Å². The summed E-state index contributed by atoms with van der Waals surface area (Å²) in [4.78, 5) is 5.57. The molecular weight excluding hydrogens is 446 g/mol. The molecule has 0 aliphatic carbocycles. The largest absolute Gasteiger partial charge is 0.452 e. The summed E-state index contributed by atoms with van der Waals surface area (Å²) in [5.41, 5.74) is -0.304. The fraction of sp³-hybridized carbons (Fsp3) is 0.0714. The Balaban J connectivity index is 2.20. The van der Waals surface area contributed by atoms with Crippen LogP contribution in [-0.2, 0) is 6.18 Å². The predicted molar refractivity (Wildman–Crippen MR) is 92.7 cm³/mol. The van der Waals surface area contributed by atoms with Gasteiger partial charge in [0.2, 0.25) is 5.82 Å². The van der Waals surface area contributed by atoms with Crippen molar-refractivity contribution in [2.24, 2.45) is 0 Å². The summed E-state index contributed by atoms with van der Waals surface area (Å²) in [5, 5.41) is 0.191. The van der Waals surface area contributed by atoms with Crippen LogP contribution < -0.4 is 4.74 Å². The second-order valence-corrected chi connectivity index (χ2v) is 6.81. The maximum Gasteiger partial charge on any atom is 0.449 e. The van der Waals surface area contributed by atoms with Gasteiger partial charge in [0, 0.05) is 11.1 Å². The van der Waals surface area contributed by atoms with Crippen molar-refractivity contribution in [1.82, 2.24) is 9.97 Å². The van der Waals surface area contributed by atoms with Crippen molar-refractivity contribution in [3.05, 3.63) is 49.1 Å². The number of ether oxygens (including phenoxy) is 1. The Morgan fingerprint density at radius 3 is 2.08 bits per heavy atom. The minimum absolute atomic E-state index is 0.00409. The Kier molecular flexibility index (Phi) is 4.94. The van der Waals surface area contributed by atoms with Crippen LogP contribution in [0.4, 0.5) is 13.2 Å². The summed E-state index contributed by atoms with van der Waals surface area (Å²) in [5.74, 6) is -1.33. The number of halogens is 8. The van der Waals surface area contributed by atoms with E-state index in [1.165, 1.54) is 18.2 Å². The summed E-state index contributed by atoms with van der Waals surface area (Å²) < 4.78 is 44.3. The number of hydrogen-bond donors (Lipinski definition) is 1. The number of aromatic amines is 1. The molecule has 1 heterocycles. The van der Waals surface area contributed by atoms with Gasteiger partial charge >= 0.3 is 6.18 Å². The fourth-order valence-corrected chi connectivity index (χ4v) is 3.30. The van der Waals surface area contributed by atoms with Crippen LogP contribution in [0.15, 0.2) is 18.2 Å². The van der Waals surface area contributed by atoms with Crippen molar-refractivity contribution < 1.29 is 17.9 Å². The first-order valence-electron chi connectivity index (χ1n) is 6.35. The fourth-order valence-electron chi connectivity index (χ4n) is 2.03. The molecule has 3 nitrogen and oxygen atoms in total. The van der Waals surface area contributed by atoms with Gasteiger partial charge in [-0.25, -0.2) is 4.98 Å². The summed E-state index contributed by atoms with van der Waals surface area (Å²) in [6.45, 7) is 0. The Morgan fingerprint density at radius 1 is 0.920 bits per heavy atom. The zero-order valence-electron chi connectivity index (χ0n) is 11.6. The van der Waals surface area contributed by atoms with Gasteiger partial charge in [0.1, 0.15) is 11.0 Å². The number of rotatable bonds is 2. The molecule has 0 amide bonds. The number of alkyl halides is 3. The number of nitrogens with zero attached hydrogens (tertiary/aromatic N) is 1. The molecule has 0 unspecified atom stereocenters. The molecule has 0 radical (unpaired) electrons. The summed E-state index contributed by atoms with van der Waals surface area (Å²) in [6, 6.07) is 3.96. The molecule has 25 heavy (non-hydrogen) atoms. The molecule has 0 spiro atoms. The van der Waals surface area contributed by atoms with E-state index in [9.17, 15) is 13.2 Å². The lowest BCUT2D eigenvalue weighted by Crippen LogP contribution is -2.06. The highest BCUT2D eigenvalue weighted by Gasteiger charge is 2.36. The number of fused-ring (bicyclic) bond motifs is 1. The van der Waals surface area contributed by atoms with Crippen molar-refractivity contribution in [1.29, 1.82) is 0 Å². The molecule has 132 valence electrons. The highest BCUT2D eigenvalue weighted by atomic mass is 35.5. The van der Waals surface area contributed by atoms with Gasteiger partial charge in [-0.2, -0.15) is 13.2 Å². The molecule has 3 rings (SSSR count). The van der Waals surface area contributed by atoms with Crippen molar-refractivity contribution >= 4 is 69.0 Å². The van der Waals surface area contributed by atoms with E-state index in [1.54, 1.807) is 0 Å². The summed E-state index contributed by atoms with van der Waals surface area (Å²) in [7, 11) is 0. The minimum Gasteiger partial charge on any atom is -0.452 e. The molecule has 2 aromatic carbocycles. The molecule has 0 fully saturated rings. The van der Waals surface area contributed by atoms with Crippen molar-refractivity contribution in [3.63, 3.8) is 0 Å². The number of nitrogens with one attached hydrogen (secondary N) is 1. The van der Waals surface area contributed by atoms with Crippen LogP contribution >= 0.6 is 58.0 Å². The number of aromatic nitrogens is 2. The Hall–Kier alpha value is -1.05. The van der Waals surface area contributed by atoms with Crippen LogP contribution in [-0.4, -0.2) is 9.97 Å². The minimum atomic E-state index is -4.71. The zero-order chi connectivity index (χ0) is 18.5. The van der Waals surface area contributed by atoms with E-state index in [4.69, 9.17) is 62.7 Å². The van der Waals surface area contributed by atoms with Crippen molar-refractivity contribution in [2.75, 3.05) is 0 Å². The van der Waals surface area contributed by atoms with Crippen LogP contribution in [0.5, 0.6) is 11.5 Å². The van der Waals surface area contributed by atoms with E-state index in [-0.39, 0.29) is 47.6 Å². The van der Waals surface area contributed by atoms with Crippen LogP contribution in [0, 0.1) is 0 Å². The standard InChI is InChI=1S/C14H4Cl5F3N2O/c15-4-1-6(17)12(7(18)2-4)25-8-3-5(16)9(19)11-10(8)23-13(24-11)14(20,21)22/h1-3H,(H,23,24). The Bertz CT molecular complexity index is 964. The van der Waals surface area contributed by atoms with Gasteiger partial charge < -0.3 is 9.72 Å². The molecule has 0 bridgehead atoms. The molecule has 1 N–H and O–H groups in total. The molecule has 11 heteroatoms. The SMILES string of the molecule is FC(F)(F)c1nc2c(Cl)c(Cl)cc(Oc3c(Cl)cc(Cl)cc3Cl)c2[nH]1. The van der Waals surface area contributed by atoms with Crippen LogP contribution in [0.3, 0.4) is 0 Å². The van der Waals surface area contributed by atoms with Crippen LogP contribution in [0.2, 0.25) is 25.1 Å². The Labute approximate surface area is 163 Å². The summed E-state index contributed by atoms with van der Waals surface area (Å²) >= 11 is 29.8. The number of benzene rings is 2.